The van der Waals surface area contributed by atoms with Gasteiger partial charge in [-0.25, -0.2) is 4.99 Å². The van der Waals surface area contributed by atoms with Crippen molar-refractivity contribution in [3.8, 4) is 0 Å². The van der Waals surface area contributed by atoms with Crippen LogP contribution in [0.2, 0.25) is 0 Å². The largest absolute Gasteiger partial charge is 0.379 e. The van der Waals surface area contributed by atoms with E-state index in [1.807, 2.05) is 0 Å². The van der Waals surface area contributed by atoms with Crippen LogP contribution < -0.4 is 10.6 Å². The first-order chi connectivity index (χ1) is 14.8. The molecule has 2 heterocycles. The maximum Gasteiger partial charge on any atom is 0.191 e. The van der Waals surface area contributed by atoms with E-state index in [4.69, 9.17) is 9.73 Å². The highest BCUT2D eigenvalue weighted by Gasteiger charge is 2.30. The average Bonchev–Trinajstić information content (AvgIpc) is 3.46. The van der Waals surface area contributed by atoms with Gasteiger partial charge in [0.2, 0.25) is 0 Å². The van der Waals surface area contributed by atoms with E-state index in [-0.39, 0.29) is 0 Å². The number of nitrogens with one attached hydrogen (secondary N) is 2. The molecule has 3 aliphatic rings. The standard InChI is InChI=1S/C24H39N5O/c1-2-25-24(27-22-11-12-29(19-22)23-9-5-6-10-23)26-17-20-7-3-4-8-21(20)18-28-13-15-30-16-14-28/h3-4,7-8,22-23H,2,5-6,9-19H2,1H3,(H2,25,26,27). The van der Waals surface area contributed by atoms with Crippen molar-refractivity contribution in [1.29, 1.82) is 0 Å². The molecule has 1 unspecified atom stereocenters. The van der Waals surface area contributed by atoms with Gasteiger partial charge in [-0.05, 0) is 37.3 Å². The second kappa shape index (κ2) is 11.1. The molecule has 2 aliphatic heterocycles. The average molecular weight is 414 g/mol. The third kappa shape index (κ3) is 5.96. The number of hydrogen-bond donors (Lipinski definition) is 2. The molecule has 1 aliphatic carbocycles. The van der Waals surface area contributed by atoms with Crippen molar-refractivity contribution in [3.05, 3.63) is 35.4 Å². The first kappa shape index (κ1) is 21.6. The van der Waals surface area contributed by atoms with Crippen molar-refractivity contribution in [3.63, 3.8) is 0 Å². The summed E-state index contributed by atoms with van der Waals surface area (Å²) in [6.07, 6.45) is 6.82. The minimum absolute atomic E-state index is 0.506. The predicted octanol–water partition coefficient (Wildman–Crippen LogP) is 2.59. The number of rotatable bonds is 7. The predicted molar refractivity (Wildman–Crippen MR) is 123 cm³/mol. The van der Waals surface area contributed by atoms with Crippen molar-refractivity contribution in [2.75, 3.05) is 45.9 Å². The molecule has 0 aromatic heterocycles. The number of nitrogens with zero attached hydrogens (tertiary/aromatic N) is 3. The third-order valence-electron chi connectivity index (χ3n) is 6.77. The zero-order valence-corrected chi connectivity index (χ0v) is 18.6. The van der Waals surface area contributed by atoms with E-state index in [2.05, 4.69) is 51.6 Å². The quantitative estimate of drug-likeness (QED) is 0.532. The lowest BCUT2D eigenvalue weighted by Gasteiger charge is -2.27. The van der Waals surface area contributed by atoms with Crippen LogP contribution in [0, 0.1) is 0 Å². The van der Waals surface area contributed by atoms with Crippen LogP contribution in [0.3, 0.4) is 0 Å². The van der Waals surface area contributed by atoms with E-state index >= 15 is 0 Å². The minimum Gasteiger partial charge on any atom is -0.379 e. The van der Waals surface area contributed by atoms with Gasteiger partial charge < -0.3 is 15.4 Å². The second-order valence-corrected chi connectivity index (χ2v) is 8.92. The first-order valence-electron chi connectivity index (χ1n) is 12.0. The molecule has 6 nitrogen and oxygen atoms in total. The SMILES string of the molecule is CCNC(=NCc1ccccc1CN1CCOCC1)NC1CCN(C2CCCC2)C1. The van der Waals surface area contributed by atoms with Crippen LogP contribution in [0.25, 0.3) is 0 Å². The highest BCUT2D eigenvalue weighted by Crippen LogP contribution is 2.26. The van der Waals surface area contributed by atoms with Gasteiger partial charge in [0.1, 0.15) is 0 Å². The van der Waals surface area contributed by atoms with Gasteiger partial charge in [0.15, 0.2) is 5.96 Å². The summed E-state index contributed by atoms with van der Waals surface area (Å²) in [6, 6.07) is 10.1. The molecular formula is C24H39N5O. The van der Waals surface area contributed by atoms with Gasteiger partial charge in [0.25, 0.3) is 0 Å². The van der Waals surface area contributed by atoms with Crippen LogP contribution in [-0.2, 0) is 17.8 Å². The van der Waals surface area contributed by atoms with E-state index in [9.17, 15) is 0 Å². The van der Waals surface area contributed by atoms with Crippen LogP contribution in [-0.4, -0.2) is 73.8 Å². The first-order valence-corrected chi connectivity index (χ1v) is 12.0. The van der Waals surface area contributed by atoms with E-state index in [1.165, 1.54) is 49.8 Å². The molecular weight excluding hydrogens is 374 g/mol. The van der Waals surface area contributed by atoms with Crippen molar-refractivity contribution in [1.82, 2.24) is 20.4 Å². The van der Waals surface area contributed by atoms with Crippen LogP contribution in [0.1, 0.15) is 50.2 Å². The smallest absolute Gasteiger partial charge is 0.191 e. The molecule has 30 heavy (non-hydrogen) atoms. The van der Waals surface area contributed by atoms with Gasteiger partial charge in [-0.1, -0.05) is 37.1 Å². The van der Waals surface area contributed by atoms with E-state index in [0.29, 0.717) is 6.04 Å². The lowest BCUT2D eigenvalue weighted by Crippen LogP contribution is -2.45. The van der Waals surface area contributed by atoms with Gasteiger partial charge in [0, 0.05) is 51.4 Å². The van der Waals surface area contributed by atoms with Crippen LogP contribution >= 0.6 is 0 Å². The van der Waals surface area contributed by atoms with Gasteiger partial charge in [-0.15, -0.1) is 0 Å². The van der Waals surface area contributed by atoms with Gasteiger partial charge in [-0.3, -0.25) is 9.80 Å². The summed E-state index contributed by atoms with van der Waals surface area (Å²) in [4.78, 5) is 10.1. The van der Waals surface area contributed by atoms with Gasteiger partial charge in [0.05, 0.1) is 19.8 Å². The monoisotopic (exact) mass is 413 g/mol. The molecule has 2 saturated heterocycles. The van der Waals surface area contributed by atoms with Gasteiger partial charge >= 0.3 is 0 Å². The summed E-state index contributed by atoms with van der Waals surface area (Å²) in [6.45, 7) is 10.8. The van der Waals surface area contributed by atoms with Crippen LogP contribution in [0.4, 0.5) is 0 Å². The van der Waals surface area contributed by atoms with Crippen molar-refractivity contribution in [2.45, 2.75) is 64.2 Å². The number of likely N-dealkylation sites (tertiary alicyclic amines) is 1. The highest BCUT2D eigenvalue weighted by atomic mass is 16.5. The fraction of sp³-hybridized carbons (Fsp3) is 0.708. The maximum atomic E-state index is 5.49. The van der Waals surface area contributed by atoms with Crippen molar-refractivity contribution < 1.29 is 4.74 Å². The Morgan fingerprint density at radius 2 is 1.83 bits per heavy atom. The Bertz CT molecular complexity index is 682. The molecule has 0 spiro atoms. The third-order valence-corrected chi connectivity index (χ3v) is 6.77. The topological polar surface area (TPSA) is 52.1 Å². The zero-order valence-electron chi connectivity index (χ0n) is 18.6. The number of hydrogen-bond acceptors (Lipinski definition) is 4. The molecule has 1 saturated carbocycles. The molecule has 1 aromatic rings. The van der Waals surface area contributed by atoms with E-state index < -0.39 is 0 Å². The summed E-state index contributed by atoms with van der Waals surface area (Å²) >= 11 is 0. The summed E-state index contributed by atoms with van der Waals surface area (Å²) in [5.74, 6) is 0.956. The Balaban J connectivity index is 1.34. The molecule has 0 radical (unpaired) electrons. The Morgan fingerprint density at radius 1 is 1.07 bits per heavy atom. The Labute approximate surface area is 182 Å². The summed E-state index contributed by atoms with van der Waals surface area (Å²) < 4.78 is 5.49. The molecule has 0 amide bonds. The van der Waals surface area contributed by atoms with E-state index in [1.54, 1.807) is 0 Å². The number of morpholine rings is 1. The van der Waals surface area contributed by atoms with Crippen LogP contribution in [0.5, 0.6) is 0 Å². The molecule has 0 bridgehead atoms. The summed E-state index contributed by atoms with van der Waals surface area (Å²) in [7, 11) is 0. The fourth-order valence-electron chi connectivity index (χ4n) is 5.05. The Kier molecular flexibility index (Phi) is 8.01. The maximum absolute atomic E-state index is 5.49. The Morgan fingerprint density at radius 3 is 2.60 bits per heavy atom. The molecule has 1 aromatic carbocycles. The molecule has 6 heteroatoms. The second-order valence-electron chi connectivity index (χ2n) is 8.92. The number of ether oxygens (including phenoxy) is 1. The molecule has 4 rings (SSSR count). The van der Waals surface area contributed by atoms with Gasteiger partial charge in [-0.2, -0.15) is 0 Å². The highest BCUT2D eigenvalue weighted by molar-refractivity contribution is 5.80. The normalized spacial score (nSPS) is 24.4. The molecule has 3 fully saturated rings. The van der Waals surface area contributed by atoms with Crippen molar-refractivity contribution >= 4 is 5.96 Å². The number of aliphatic imine (C=N–C) groups is 1. The molecule has 166 valence electrons. The van der Waals surface area contributed by atoms with Crippen LogP contribution in [0.15, 0.2) is 29.3 Å². The lowest BCUT2D eigenvalue weighted by atomic mass is 10.1. The fourth-order valence-corrected chi connectivity index (χ4v) is 5.05. The summed E-state index contributed by atoms with van der Waals surface area (Å²) in [5, 5.41) is 7.17. The molecule has 2 N–H and O–H groups in total. The Hall–Kier alpha value is -1.63. The molecule has 1 atom stereocenters. The minimum atomic E-state index is 0.506. The van der Waals surface area contributed by atoms with Crippen molar-refractivity contribution in [2.24, 2.45) is 4.99 Å². The summed E-state index contributed by atoms with van der Waals surface area (Å²) in [5.41, 5.74) is 2.70. The number of guanidine groups is 1. The zero-order chi connectivity index (χ0) is 20.6. The van der Waals surface area contributed by atoms with E-state index in [0.717, 1.165) is 64.5 Å². The number of benzene rings is 1. The lowest BCUT2D eigenvalue weighted by molar-refractivity contribution is 0.0341.